The molecule has 0 aromatic rings. The normalized spacial score (nSPS) is 24.1. The fourth-order valence-corrected chi connectivity index (χ4v) is 2.20. The predicted octanol–water partition coefficient (Wildman–Crippen LogP) is 0.810. The van der Waals surface area contributed by atoms with Crippen LogP contribution in [0, 0.1) is 11.8 Å². The molecule has 0 aromatic heterocycles. The molecule has 0 aromatic carbocycles. The Balaban J connectivity index is 2.67. The quantitative estimate of drug-likeness (QED) is 0.686. The maximum atomic E-state index is 11.7. The van der Waals surface area contributed by atoms with Gasteiger partial charge in [-0.15, -0.1) is 0 Å². The zero-order valence-corrected chi connectivity index (χ0v) is 10.5. The third kappa shape index (κ3) is 3.45. The third-order valence-electron chi connectivity index (χ3n) is 3.32. The Morgan fingerprint density at radius 3 is 2.33 bits per heavy atom. The first-order valence-electron chi connectivity index (χ1n) is 6.20. The Hall–Kier alpha value is -1.59. The van der Waals surface area contributed by atoms with E-state index in [2.05, 4.69) is 0 Å². The minimum Gasteiger partial charge on any atom is -0.481 e. The molecule has 6 nitrogen and oxygen atoms in total. The lowest BCUT2D eigenvalue weighted by atomic mass is 9.85. The minimum absolute atomic E-state index is 0.00878. The van der Waals surface area contributed by atoms with Gasteiger partial charge in [0.05, 0.1) is 11.8 Å². The molecule has 1 saturated heterocycles. The van der Waals surface area contributed by atoms with Crippen molar-refractivity contribution >= 4 is 17.8 Å². The third-order valence-corrected chi connectivity index (χ3v) is 3.32. The van der Waals surface area contributed by atoms with E-state index in [1.807, 2.05) is 6.92 Å². The lowest BCUT2D eigenvalue weighted by molar-refractivity contribution is -0.161. The van der Waals surface area contributed by atoms with Gasteiger partial charge in [0.15, 0.2) is 0 Å². The first-order valence-corrected chi connectivity index (χ1v) is 6.20. The number of aliphatic carboxylic acids is 2. The zero-order valence-electron chi connectivity index (χ0n) is 10.5. The molecule has 1 rings (SSSR count). The highest BCUT2D eigenvalue weighted by Crippen LogP contribution is 2.25. The molecule has 1 aliphatic rings. The van der Waals surface area contributed by atoms with E-state index < -0.39 is 23.8 Å². The summed E-state index contributed by atoms with van der Waals surface area (Å²) in [5, 5.41) is 18.0. The average molecular weight is 257 g/mol. The van der Waals surface area contributed by atoms with E-state index in [1.54, 1.807) is 0 Å². The second-order valence-electron chi connectivity index (χ2n) is 4.64. The molecule has 1 aliphatic heterocycles. The summed E-state index contributed by atoms with van der Waals surface area (Å²) in [4.78, 5) is 35.2. The second kappa shape index (κ2) is 6.37. The van der Waals surface area contributed by atoms with Crippen LogP contribution in [0.5, 0.6) is 0 Å². The fourth-order valence-electron chi connectivity index (χ4n) is 2.20. The van der Waals surface area contributed by atoms with Gasteiger partial charge in [0.1, 0.15) is 0 Å². The van der Waals surface area contributed by atoms with Crippen LogP contribution in [0.4, 0.5) is 0 Å². The number of hydrogen-bond acceptors (Lipinski definition) is 3. The van der Waals surface area contributed by atoms with Crippen LogP contribution in [-0.2, 0) is 14.4 Å². The maximum Gasteiger partial charge on any atom is 0.309 e. The molecule has 0 radical (unpaired) electrons. The van der Waals surface area contributed by atoms with Crippen molar-refractivity contribution in [1.29, 1.82) is 0 Å². The largest absolute Gasteiger partial charge is 0.481 e. The Bertz CT molecular complexity index is 341. The molecular weight excluding hydrogens is 238 g/mol. The molecule has 0 saturated carbocycles. The SMILES string of the molecule is CCCCCN1CC(C(=O)O)C(C(=O)O)CC1=O. The van der Waals surface area contributed by atoms with E-state index in [9.17, 15) is 14.4 Å². The number of unbranched alkanes of at least 4 members (excludes halogenated alkanes) is 2. The Kier molecular flexibility index (Phi) is 5.12. The minimum atomic E-state index is -1.20. The summed E-state index contributed by atoms with van der Waals surface area (Å²) in [6, 6.07) is 0. The number of carboxylic acids is 2. The highest BCUT2D eigenvalue weighted by molar-refractivity contribution is 5.88. The maximum absolute atomic E-state index is 11.7. The van der Waals surface area contributed by atoms with Crippen LogP contribution in [0.1, 0.15) is 32.6 Å². The van der Waals surface area contributed by atoms with Gasteiger partial charge in [-0.05, 0) is 6.42 Å². The van der Waals surface area contributed by atoms with Crippen LogP contribution >= 0.6 is 0 Å². The van der Waals surface area contributed by atoms with E-state index in [4.69, 9.17) is 10.2 Å². The summed E-state index contributed by atoms with van der Waals surface area (Å²) >= 11 is 0. The van der Waals surface area contributed by atoms with Crippen molar-refractivity contribution in [3.8, 4) is 0 Å². The van der Waals surface area contributed by atoms with Gasteiger partial charge in [0.25, 0.3) is 0 Å². The van der Waals surface area contributed by atoms with Crippen LogP contribution in [-0.4, -0.2) is 46.0 Å². The van der Waals surface area contributed by atoms with Gasteiger partial charge >= 0.3 is 11.9 Å². The molecule has 2 N–H and O–H groups in total. The monoisotopic (exact) mass is 257 g/mol. The molecule has 102 valence electrons. The summed E-state index contributed by atoms with van der Waals surface area (Å²) < 4.78 is 0. The van der Waals surface area contributed by atoms with Crippen molar-refractivity contribution in [2.45, 2.75) is 32.6 Å². The number of hydrogen-bond donors (Lipinski definition) is 2. The van der Waals surface area contributed by atoms with Crippen molar-refractivity contribution in [2.24, 2.45) is 11.8 Å². The zero-order chi connectivity index (χ0) is 13.7. The Morgan fingerprint density at radius 1 is 1.22 bits per heavy atom. The molecule has 2 unspecified atom stereocenters. The van der Waals surface area contributed by atoms with Crippen LogP contribution < -0.4 is 0 Å². The highest BCUT2D eigenvalue weighted by Gasteiger charge is 2.42. The van der Waals surface area contributed by atoms with Gasteiger partial charge in [-0.1, -0.05) is 19.8 Å². The van der Waals surface area contributed by atoms with Gasteiger partial charge in [0, 0.05) is 19.5 Å². The summed E-state index contributed by atoms with van der Waals surface area (Å²) in [5.41, 5.74) is 0. The summed E-state index contributed by atoms with van der Waals surface area (Å²) in [5.74, 6) is -4.70. The molecule has 0 bridgehead atoms. The number of amides is 1. The summed E-state index contributed by atoms with van der Waals surface area (Å²) in [7, 11) is 0. The van der Waals surface area contributed by atoms with Crippen LogP contribution in [0.25, 0.3) is 0 Å². The van der Waals surface area contributed by atoms with Crippen LogP contribution in [0.15, 0.2) is 0 Å². The number of likely N-dealkylation sites (tertiary alicyclic amines) is 1. The molecule has 1 amide bonds. The number of rotatable bonds is 6. The molecule has 0 aliphatic carbocycles. The van der Waals surface area contributed by atoms with E-state index in [-0.39, 0.29) is 18.9 Å². The van der Waals surface area contributed by atoms with Gasteiger partial charge in [-0.25, -0.2) is 0 Å². The molecule has 6 heteroatoms. The van der Waals surface area contributed by atoms with Gasteiger partial charge in [-0.2, -0.15) is 0 Å². The second-order valence-corrected chi connectivity index (χ2v) is 4.64. The average Bonchev–Trinajstić information content (AvgIpc) is 2.30. The summed E-state index contributed by atoms with van der Waals surface area (Å²) in [6.07, 6.45) is 2.61. The van der Waals surface area contributed by atoms with Crippen LogP contribution in [0.2, 0.25) is 0 Å². The molecule has 1 fully saturated rings. The van der Waals surface area contributed by atoms with E-state index in [0.29, 0.717) is 6.54 Å². The van der Waals surface area contributed by atoms with Crippen molar-refractivity contribution < 1.29 is 24.6 Å². The van der Waals surface area contributed by atoms with Crippen molar-refractivity contribution in [1.82, 2.24) is 4.90 Å². The number of carbonyl (C=O) groups is 3. The predicted molar refractivity (Wildman–Crippen MR) is 63.0 cm³/mol. The first kappa shape index (κ1) is 14.5. The highest BCUT2D eigenvalue weighted by atomic mass is 16.4. The van der Waals surface area contributed by atoms with Gasteiger partial charge in [-0.3, -0.25) is 14.4 Å². The molecular formula is C12H19NO5. The number of carboxylic acid groups (broad SMARTS) is 2. The smallest absolute Gasteiger partial charge is 0.309 e. The summed E-state index contributed by atoms with van der Waals surface area (Å²) in [6.45, 7) is 2.57. The Morgan fingerprint density at radius 2 is 1.83 bits per heavy atom. The fraction of sp³-hybridized carbons (Fsp3) is 0.750. The Labute approximate surface area is 106 Å². The van der Waals surface area contributed by atoms with Crippen molar-refractivity contribution in [3.05, 3.63) is 0 Å². The van der Waals surface area contributed by atoms with Crippen LogP contribution in [0.3, 0.4) is 0 Å². The number of carbonyl (C=O) groups excluding carboxylic acids is 1. The van der Waals surface area contributed by atoms with E-state index in [0.717, 1.165) is 19.3 Å². The molecule has 2 atom stereocenters. The van der Waals surface area contributed by atoms with Crippen molar-refractivity contribution in [3.63, 3.8) is 0 Å². The standard InChI is InChI=1S/C12H19NO5/c1-2-3-4-5-13-7-9(12(17)18)8(11(15)16)6-10(13)14/h8-9H,2-7H2,1H3,(H,15,16)(H,17,18). The van der Waals surface area contributed by atoms with Crippen molar-refractivity contribution in [2.75, 3.05) is 13.1 Å². The number of nitrogens with zero attached hydrogens (tertiary/aromatic N) is 1. The van der Waals surface area contributed by atoms with Gasteiger partial charge < -0.3 is 15.1 Å². The van der Waals surface area contributed by atoms with Gasteiger partial charge in [0.2, 0.25) is 5.91 Å². The number of piperidine rings is 1. The molecule has 1 heterocycles. The van der Waals surface area contributed by atoms with E-state index in [1.165, 1.54) is 4.90 Å². The lowest BCUT2D eigenvalue weighted by Crippen LogP contribution is -2.49. The first-order chi connectivity index (χ1) is 8.47. The van der Waals surface area contributed by atoms with E-state index >= 15 is 0 Å². The topological polar surface area (TPSA) is 94.9 Å². The molecule has 18 heavy (non-hydrogen) atoms. The molecule has 0 spiro atoms. The lowest BCUT2D eigenvalue weighted by Gasteiger charge is -2.34.